The topological polar surface area (TPSA) is 86.2 Å². The first-order valence-corrected chi connectivity index (χ1v) is 10.6. The molecule has 0 amide bonds. The van der Waals surface area contributed by atoms with Gasteiger partial charge >= 0.3 is 0 Å². The van der Waals surface area contributed by atoms with Crippen molar-refractivity contribution in [3.05, 3.63) is 54.1 Å². The predicted octanol–water partition coefficient (Wildman–Crippen LogP) is 4.52. The van der Waals surface area contributed by atoms with E-state index in [1.54, 1.807) is 19.3 Å². The molecule has 142 valence electrons. The number of hydrogen-bond acceptors (Lipinski definition) is 6. The van der Waals surface area contributed by atoms with E-state index in [2.05, 4.69) is 10.2 Å². The molecule has 7 heteroatoms. The molecule has 6 nitrogen and oxygen atoms in total. The van der Waals surface area contributed by atoms with Gasteiger partial charge in [-0.05, 0) is 41.5 Å². The zero-order chi connectivity index (χ0) is 19.7. The highest BCUT2D eigenvalue weighted by Crippen LogP contribution is 2.42. The molecule has 0 unspecified atom stereocenters. The summed E-state index contributed by atoms with van der Waals surface area (Å²) >= 11 is 0. The Morgan fingerprint density at radius 1 is 1.04 bits per heavy atom. The van der Waals surface area contributed by atoms with Gasteiger partial charge in [0.2, 0.25) is 11.8 Å². The molecule has 28 heavy (non-hydrogen) atoms. The minimum absolute atomic E-state index is 0.131. The minimum Gasteiger partial charge on any atom is -0.464 e. The highest BCUT2D eigenvalue weighted by molar-refractivity contribution is 7.91. The van der Waals surface area contributed by atoms with E-state index in [4.69, 9.17) is 8.83 Å². The second-order valence-corrected chi connectivity index (χ2v) is 9.80. The third-order valence-electron chi connectivity index (χ3n) is 5.25. The van der Waals surface area contributed by atoms with Crippen molar-refractivity contribution in [3.8, 4) is 22.6 Å². The lowest BCUT2D eigenvalue weighted by atomic mass is 9.85. The molecule has 0 bridgehead atoms. The van der Waals surface area contributed by atoms with Crippen LogP contribution in [0, 0.1) is 6.92 Å². The van der Waals surface area contributed by atoms with Crippen molar-refractivity contribution >= 4 is 20.8 Å². The number of fused-ring (bicyclic) bond motifs is 2. The Morgan fingerprint density at radius 3 is 2.57 bits per heavy atom. The molecule has 4 aromatic rings. The molecule has 0 atom stereocenters. The number of aryl methyl sites for hydroxylation is 1. The smallest absolute Gasteiger partial charge is 0.247 e. The molecule has 5 rings (SSSR count). The maximum Gasteiger partial charge on any atom is 0.247 e. The highest BCUT2D eigenvalue weighted by Gasteiger charge is 2.40. The van der Waals surface area contributed by atoms with Crippen LogP contribution in [0.4, 0.5) is 0 Å². The molecule has 1 aliphatic rings. The number of rotatable bonds is 2. The Morgan fingerprint density at radius 2 is 1.82 bits per heavy atom. The first kappa shape index (κ1) is 17.2. The summed E-state index contributed by atoms with van der Waals surface area (Å²) in [6.45, 7) is 5.67. The molecular weight excluding hydrogens is 376 g/mol. The van der Waals surface area contributed by atoms with Crippen molar-refractivity contribution in [1.29, 1.82) is 0 Å². The second kappa shape index (κ2) is 5.54. The molecule has 3 heterocycles. The number of furan rings is 1. The first-order chi connectivity index (χ1) is 13.2. The molecule has 0 saturated heterocycles. The van der Waals surface area contributed by atoms with E-state index in [-0.39, 0.29) is 5.75 Å². The lowest BCUT2D eigenvalue weighted by Gasteiger charge is -2.17. The normalized spacial score (nSPS) is 17.1. The lowest BCUT2D eigenvalue weighted by molar-refractivity contribution is 0.533. The third kappa shape index (κ3) is 2.50. The summed E-state index contributed by atoms with van der Waals surface area (Å²) in [5.41, 5.74) is 3.79. The van der Waals surface area contributed by atoms with Crippen molar-refractivity contribution in [2.24, 2.45) is 0 Å². The number of nitrogens with zero attached hydrogens (tertiary/aromatic N) is 2. The van der Waals surface area contributed by atoms with Gasteiger partial charge in [0.1, 0.15) is 5.58 Å². The summed E-state index contributed by atoms with van der Waals surface area (Å²) in [4.78, 5) is 0.427. The largest absolute Gasteiger partial charge is 0.464 e. The fourth-order valence-electron chi connectivity index (χ4n) is 3.93. The van der Waals surface area contributed by atoms with E-state index in [1.165, 1.54) is 0 Å². The molecule has 0 radical (unpaired) electrons. The second-order valence-electron chi connectivity index (χ2n) is 7.84. The Hall–Kier alpha value is -2.93. The maximum atomic E-state index is 12.4. The van der Waals surface area contributed by atoms with Gasteiger partial charge in [0, 0.05) is 28.9 Å². The Kier molecular flexibility index (Phi) is 3.40. The SMILES string of the molecule is Cc1nnc(-c2ccc3occ(-c4ccc5c(c4)C(C)(C)CS5(=O)=O)c3c2)o1. The Bertz CT molecular complexity index is 1350. The van der Waals surface area contributed by atoms with Gasteiger partial charge in [-0.1, -0.05) is 19.9 Å². The van der Waals surface area contributed by atoms with E-state index in [0.29, 0.717) is 16.7 Å². The van der Waals surface area contributed by atoms with Crippen LogP contribution in [0.3, 0.4) is 0 Å². The molecule has 0 N–H and O–H groups in total. The third-order valence-corrected chi connectivity index (χ3v) is 7.38. The quantitative estimate of drug-likeness (QED) is 0.497. The van der Waals surface area contributed by atoms with Crippen LogP contribution in [-0.2, 0) is 15.3 Å². The zero-order valence-electron chi connectivity index (χ0n) is 15.7. The molecule has 0 spiro atoms. The van der Waals surface area contributed by atoms with Gasteiger partial charge in [0.25, 0.3) is 0 Å². The van der Waals surface area contributed by atoms with Crippen LogP contribution in [0.5, 0.6) is 0 Å². The van der Waals surface area contributed by atoms with Gasteiger partial charge in [-0.3, -0.25) is 0 Å². The number of aromatic nitrogens is 2. The van der Waals surface area contributed by atoms with Crippen LogP contribution in [0.15, 0.2) is 56.4 Å². The summed E-state index contributed by atoms with van der Waals surface area (Å²) in [5.74, 6) is 1.09. The van der Waals surface area contributed by atoms with Gasteiger partial charge < -0.3 is 8.83 Å². The highest BCUT2D eigenvalue weighted by atomic mass is 32.2. The first-order valence-electron chi connectivity index (χ1n) is 8.94. The Balaban J connectivity index is 1.68. The van der Waals surface area contributed by atoms with Crippen LogP contribution in [0.25, 0.3) is 33.6 Å². The van der Waals surface area contributed by atoms with Crippen molar-refractivity contribution in [2.75, 3.05) is 5.75 Å². The number of hydrogen-bond donors (Lipinski definition) is 0. The van der Waals surface area contributed by atoms with Crippen molar-refractivity contribution in [3.63, 3.8) is 0 Å². The van der Waals surface area contributed by atoms with Crippen molar-refractivity contribution < 1.29 is 17.3 Å². The van der Waals surface area contributed by atoms with Crippen molar-refractivity contribution in [2.45, 2.75) is 31.1 Å². The maximum absolute atomic E-state index is 12.4. The van der Waals surface area contributed by atoms with E-state index in [9.17, 15) is 8.42 Å². The van der Waals surface area contributed by atoms with Gasteiger partial charge in [-0.25, -0.2) is 8.42 Å². The predicted molar refractivity (Wildman–Crippen MR) is 105 cm³/mol. The van der Waals surface area contributed by atoms with Gasteiger partial charge in [-0.2, -0.15) is 0 Å². The van der Waals surface area contributed by atoms with E-state index < -0.39 is 15.3 Å². The molecule has 2 aromatic carbocycles. The minimum atomic E-state index is -3.23. The van der Waals surface area contributed by atoms with Gasteiger partial charge in [0.15, 0.2) is 9.84 Å². The molecule has 0 saturated carbocycles. The zero-order valence-corrected chi connectivity index (χ0v) is 16.5. The van der Waals surface area contributed by atoms with Crippen LogP contribution < -0.4 is 0 Å². The number of benzene rings is 2. The lowest BCUT2D eigenvalue weighted by Crippen LogP contribution is -2.19. The van der Waals surface area contributed by atoms with E-state index in [1.807, 2.05) is 44.2 Å². The van der Waals surface area contributed by atoms with Gasteiger partial charge in [0.05, 0.1) is 16.9 Å². The van der Waals surface area contributed by atoms with Crippen LogP contribution in [-0.4, -0.2) is 24.4 Å². The Labute approximate surface area is 162 Å². The van der Waals surface area contributed by atoms with E-state index in [0.717, 1.165) is 33.2 Å². The van der Waals surface area contributed by atoms with Gasteiger partial charge in [-0.15, -0.1) is 10.2 Å². The summed E-state index contributed by atoms with van der Waals surface area (Å²) in [6, 6.07) is 11.2. The molecule has 2 aromatic heterocycles. The summed E-state index contributed by atoms with van der Waals surface area (Å²) in [7, 11) is -3.23. The molecule has 0 aliphatic carbocycles. The fraction of sp³-hybridized carbons (Fsp3) is 0.238. The average molecular weight is 394 g/mol. The molecular formula is C21H18N2O4S. The molecule has 1 aliphatic heterocycles. The number of sulfone groups is 1. The fourth-order valence-corrected chi connectivity index (χ4v) is 6.13. The monoisotopic (exact) mass is 394 g/mol. The summed E-state index contributed by atoms with van der Waals surface area (Å²) in [6.07, 6.45) is 1.70. The van der Waals surface area contributed by atoms with Crippen molar-refractivity contribution in [1.82, 2.24) is 10.2 Å². The summed E-state index contributed by atoms with van der Waals surface area (Å²) in [5, 5.41) is 8.87. The van der Waals surface area contributed by atoms with E-state index >= 15 is 0 Å². The molecule has 0 fully saturated rings. The standard InChI is InChI=1S/C21H18N2O4S/c1-12-22-23-20(27-12)14-4-6-18-15(8-14)16(10-26-18)13-5-7-19-17(9-13)21(2,3)11-28(19,24)25/h4-10H,11H2,1-3H3. The van der Waals surface area contributed by atoms with Crippen LogP contribution in [0.1, 0.15) is 25.3 Å². The van der Waals surface area contributed by atoms with Crippen LogP contribution in [0.2, 0.25) is 0 Å². The average Bonchev–Trinajstić information content (AvgIpc) is 3.29. The summed E-state index contributed by atoms with van der Waals surface area (Å²) < 4.78 is 36.1. The van der Waals surface area contributed by atoms with Crippen LogP contribution >= 0.6 is 0 Å².